The minimum Gasteiger partial charge on any atom is -0.495 e. The normalized spacial score (nSPS) is 14.9. The molecule has 1 unspecified atom stereocenters. The van der Waals surface area contributed by atoms with Gasteiger partial charge in [0.2, 0.25) is 0 Å². The number of rotatable bonds is 19. The standard InChI is InChI=1S/C35H48F3N5O5S/c1-45-34-24-31(49(2)44)6-7-32(34)40-12-3-4-30-23-28-22-27(5-8-33(28)43(30)26-35(36,37)38)25-41-29-9-13-42(14-10-29)15-17-47-19-21-48-20-18-46-16-11-39/h5-8,22-24,29,40-41H,9-21,25-26,39H2,1-2H3. The quantitative estimate of drug-likeness (QED) is 0.126. The summed E-state index contributed by atoms with van der Waals surface area (Å²) in [6.07, 6.45) is -0.791. The molecule has 270 valence electrons. The number of aromatic nitrogens is 1. The summed E-state index contributed by atoms with van der Waals surface area (Å²) in [6, 6.07) is 12.8. The van der Waals surface area contributed by atoms with E-state index in [0.29, 0.717) is 91.7 Å². The second kappa shape index (κ2) is 19.9. The van der Waals surface area contributed by atoms with Crippen LogP contribution in [0.15, 0.2) is 47.4 Å². The topological polar surface area (TPSA) is 112 Å². The molecule has 14 heteroatoms. The van der Waals surface area contributed by atoms with Gasteiger partial charge in [0.05, 0.1) is 64.7 Å². The van der Waals surface area contributed by atoms with E-state index >= 15 is 0 Å². The average Bonchev–Trinajstić information content (AvgIpc) is 3.41. The largest absolute Gasteiger partial charge is 0.495 e. The van der Waals surface area contributed by atoms with Gasteiger partial charge in [0.25, 0.3) is 0 Å². The SMILES string of the molecule is COc1cc(S(C)=O)ccc1NCC#Cc1cc2cc(CNC3CCN(CCOCCOCCOCCN)CC3)ccc2n1CC(F)(F)F. The van der Waals surface area contributed by atoms with Crippen molar-refractivity contribution in [1.29, 1.82) is 0 Å². The van der Waals surface area contributed by atoms with Gasteiger partial charge < -0.3 is 44.8 Å². The van der Waals surface area contributed by atoms with E-state index < -0.39 is 23.5 Å². The molecule has 1 atom stereocenters. The summed E-state index contributed by atoms with van der Waals surface area (Å²) >= 11 is 0. The molecule has 4 rings (SSSR count). The van der Waals surface area contributed by atoms with Crippen LogP contribution in [0.2, 0.25) is 0 Å². The lowest BCUT2D eigenvalue weighted by Crippen LogP contribution is -2.43. The molecule has 3 aromatic rings. The first kappa shape index (κ1) is 38.6. The van der Waals surface area contributed by atoms with Crippen molar-refractivity contribution in [3.8, 4) is 17.6 Å². The number of hydrogen-bond donors (Lipinski definition) is 3. The molecule has 0 saturated carbocycles. The number of halogens is 3. The fourth-order valence-electron chi connectivity index (χ4n) is 5.60. The van der Waals surface area contributed by atoms with Crippen LogP contribution >= 0.6 is 0 Å². The first-order valence-corrected chi connectivity index (χ1v) is 18.0. The number of anilines is 1. The van der Waals surface area contributed by atoms with Gasteiger partial charge in [0.15, 0.2) is 0 Å². The summed E-state index contributed by atoms with van der Waals surface area (Å²) in [5.74, 6) is 6.38. The minimum atomic E-state index is -4.40. The lowest BCUT2D eigenvalue weighted by molar-refractivity contribution is -0.140. The molecule has 0 bridgehead atoms. The molecule has 4 N–H and O–H groups in total. The molecule has 1 saturated heterocycles. The fourth-order valence-corrected chi connectivity index (χ4v) is 6.13. The van der Waals surface area contributed by atoms with Gasteiger partial charge in [-0.25, -0.2) is 0 Å². The van der Waals surface area contributed by atoms with Crippen LogP contribution in [0.25, 0.3) is 10.9 Å². The third kappa shape index (κ3) is 12.9. The highest BCUT2D eigenvalue weighted by molar-refractivity contribution is 7.84. The molecule has 0 aliphatic carbocycles. The van der Waals surface area contributed by atoms with E-state index in [1.165, 1.54) is 11.7 Å². The summed E-state index contributed by atoms with van der Waals surface area (Å²) in [5.41, 5.74) is 7.81. The van der Waals surface area contributed by atoms with E-state index in [1.807, 2.05) is 12.1 Å². The van der Waals surface area contributed by atoms with Crippen molar-refractivity contribution in [3.63, 3.8) is 0 Å². The number of hydrogen-bond acceptors (Lipinski definition) is 9. The van der Waals surface area contributed by atoms with Crippen LogP contribution in [0, 0.1) is 11.8 Å². The summed E-state index contributed by atoms with van der Waals surface area (Å²) in [5, 5.41) is 7.47. The van der Waals surface area contributed by atoms with Gasteiger partial charge in [-0.2, -0.15) is 13.2 Å². The van der Waals surface area contributed by atoms with Gasteiger partial charge in [0, 0.05) is 58.5 Å². The Balaban J connectivity index is 1.25. The Labute approximate surface area is 289 Å². The first-order valence-electron chi connectivity index (χ1n) is 16.5. The second-order valence-electron chi connectivity index (χ2n) is 11.7. The summed E-state index contributed by atoms with van der Waals surface area (Å²) in [7, 11) is 0.355. The molecular weight excluding hydrogens is 659 g/mol. The number of nitrogens with zero attached hydrogens (tertiary/aromatic N) is 2. The van der Waals surface area contributed by atoms with Crippen LogP contribution in [0.1, 0.15) is 24.1 Å². The predicted molar refractivity (Wildman–Crippen MR) is 187 cm³/mol. The molecule has 49 heavy (non-hydrogen) atoms. The maximum Gasteiger partial charge on any atom is 0.406 e. The van der Waals surface area contributed by atoms with Crippen LogP contribution in [0.4, 0.5) is 18.9 Å². The van der Waals surface area contributed by atoms with E-state index in [1.54, 1.807) is 36.6 Å². The molecule has 0 spiro atoms. The number of nitrogens with one attached hydrogen (secondary N) is 2. The van der Waals surface area contributed by atoms with Crippen LogP contribution in [-0.4, -0.2) is 112 Å². The van der Waals surface area contributed by atoms with Crippen molar-refractivity contribution in [2.75, 3.05) is 91.0 Å². The zero-order chi connectivity index (χ0) is 35.1. The fraction of sp³-hybridized carbons (Fsp3) is 0.543. The van der Waals surface area contributed by atoms with Gasteiger partial charge in [-0.3, -0.25) is 4.21 Å². The smallest absolute Gasteiger partial charge is 0.406 e. The van der Waals surface area contributed by atoms with Crippen molar-refractivity contribution >= 4 is 27.4 Å². The number of alkyl halides is 3. The average molecular weight is 708 g/mol. The van der Waals surface area contributed by atoms with E-state index in [4.69, 9.17) is 24.7 Å². The minimum absolute atomic E-state index is 0.181. The Morgan fingerprint density at radius 3 is 2.37 bits per heavy atom. The summed E-state index contributed by atoms with van der Waals surface area (Å²) in [6.45, 7) is 6.40. The molecule has 1 aromatic heterocycles. The van der Waals surface area contributed by atoms with E-state index in [-0.39, 0.29) is 6.54 Å². The Kier molecular flexibility index (Phi) is 15.7. The highest BCUT2D eigenvalue weighted by Crippen LogP contribution is 2.28. The van der Waals surface area contributed by atoms with Crippen LogP contribution < -0.4 is 21.1 Å². The Hall–Kier alpha value is -3.16. The monoisotopic (exact) mass is 707 g/mol. The van der Waals surface area contributed by atoms with Crippen molar-refractivity contribution in [1.82, 2.24) is 14.8 Å². The van der Waals surface area contributed by atoms with Gasteiger partial charge >= 0.3 is 6.18 Å². The molecule has 1 fully saturated rings. The van der Waals surface area contributed by atoms with Crippen molar-refractivity contribution in [2.45, 2.75) is 43.0 Å². The first-order chi connectivity index (χ1) is 23.7. The summed E-state index contributed by atoms with van der Waals surface area (Å²) < 4.78 is 75.5. The van der Waals surface area contributed by atoms with Crippen molar-refractivity contribution < 1.29 is 36.3 Å². The van der Waals surface area contributed by atoms with Gasteiger partial charge in [-0.05, 0) is 73.8 Å². The number of piperidine rings is 1. The molecule has 2 heterocycles. The van der Waals surface area contributed by atoms with Gasteiger partial charge in [-0.1, -0.05) is 12.0 Å². The molecule has 1 aliphatic rings. The summed E-state index contributed by atoms with van der Waals surface area (Å²) in [4.78, 5) is 3.02. The molecule has 0 radical (unpaired) electrons. The Morgan fingerprint density at radius 2 is 1.69 bits per heavy atom. The number of methoxy groups -OCH3 is 1. The van der Waals surface area contributed by atoms with Crippen molar-refractivity contribution in [3.05, 3.63) is 53.7 Å². The molecule has 1 aliphatic heterocycles. The predicted octanol–water partition coefficient (Wildman–Crippen LogP) is 3.98. The van der Waals surface area contributed by atoms with Crippen LogP contribution in [0.3, 0.4) is 0 Å². The van der Waals surface area contributed by atoms with Crippen molar-refractivity contribution in [2.24, 2.45) is 5.73 Å². The van der Waals surface area contributed by atoms with E-state index in [2.05, 4.69) is 27.4 Å². The molecular formula is C35H48F3N5O5S. The van der Waals surface area contributed by atoms with E-state index in [0.717, 1.165) is 38.0 Å². The van der Waals surface area contributed by atoms with Crippen LogP contribution in [0.5, 0.6) is 5.75 Å². The number of fused-ring (bicyclic) bond motifs is 1. The molecule has 10 nitrogen and oxygen atoms in total. The van der Waals surface area contributed by atoms with E-state index in [9.17, 15) is 17.4 Å². The second-order valence-corrected chi connectivity index (χ2v) is 13.1. The maximum absolute atomic E-state index is 13.6. The molecule has 2 aromatic carbocycles. The maximum atomic E-state index is 13.6. The lowest BCUT2D eigenvalue weighted by atomic mass is 10.0. The Morgan fingerprint density at radius 1 is 0.980 bits per heavy atom. The lowest BCUT2D eigenvalue weighted by Gasteiger charge is -2.32. The highest BCUT2D eigenvalue weighted by Gasteiger charge is 2.29. The number of nitrogens with two attached hydrogens (primary N) is 1. The third-order valence-corrected chi connectivity index (χ3v) is 9.05. The molecule has 0 amide bonds. The highest BCUT2D eigenvalue weighted by atomic mass is 32.2. The Bertz CT molecular complexity index is 1550. The zero-order valence-electron chi connectivity index (χ0n) is 28.3. The van der Waals surface area contributed by atoms with Gasteiger partial charge in [-0.15, -0.1) is 0 Å². The number of benzene rings is 2. The zero-order valence-corrected chi connectivity index (χ0v) is 29.1. The number of likely N-dealkylation sites (tertiary alicyclic amines) is 1. The number of ether oxygens (including phenoxy) is 4. The van der Waals surface area contributed by atoms with Gasteiger partial charge in [0.1, 0.15) is 12.3 Å². The van der Waals surface area contributed by atoms with Crippen LogP contribution in [-0.2, 0) is 38.1 Å². The third-order valence-electron chi connectivity index (χ3n) is 8.13.